The second kappa shape index (κ2) is 7.48. The average molecular weight is 267 g/mol. The van der Waals surface area contributed by atoms with Crippen molar-refractivity contribution in [2.45, 2.75) is 51.0 Å². The maximum Gasteiger partial charge on any atom is 0.239 e. The van der Waals surface area contributed by atoms with Crippen LogP contribution in [0.1, 0.15) is 44.9 Å². The molecule has 5 heteroatoms. The fraction of sp³-hybridized carbons (Fsp3) is 0.857. The van der Waals surface area contributed by atoms with E-state index in [9.17, 15) is 9.59 Å². The Morgan fingerprint density at radius 1 is 1.05 bits per heavy atom. The van der Waals surface area contributed by atoms with Gasteiger partial charge < -0.3 is 16.0 Å². The molecule has 0 spiro atoms. The van der Waals surface area contributed by atoms with Crippen LogP contribution in [0.2, 0.25) is 0 Å². The summed E-state index contributed by atoms with van der Waals surface area (Å²) in [5.74, 6) is 0.104. The van der Waals surface area contributed by atoms with Crippen molar-refractivity contribution in [2.24, 2.45) is 5.92 Å². The van der Waals surface area contributed by atoms with Gasteiger partial charge in [0.2, 0.25) is 11.8 Å². The van der Waals surface area contributed by atoms with E-state index in [0.29, 0.717) is 0 Å². The molecular formula is C14H25N3O2. The first-order valence-corrected chi connectivity index (χ1v) is 7.53. The van der Waals surface area contributed by atoms with Crippen LogP contribution < -0.4 is 16.0 Å². The second-order valence-electron chi connectivity index (χ2n) is 5.66. The maximum absolute atomic E-state index is 11.9. The molecule has 5 nitrogen and oxygen atoms in total. The van der Waals surface area contributed by atoms with Crippen molar-refractivity contribution in [1.82, 2.24) is 16.0 Å². The Morgan fingerprint density at radius 2 is 1.84 bits per heavy atom. The number of piperidine rings is 1. The second-order valence-corrected chi connectivity index (χ2v) is 5.66. The SMILES string of the molecule is O=C(CNC(=O)C1CCCCC1)N[C@H]1CCCNC1. The monoisotopic (exact) mass is 267 g/mol. The molecule has 0 aromatic carbocycles. The Bertz CT molecular complexity index is 308. The maximum atomic E-state index is 11.9. The van der Waals surface area contributed by atoms with Gasteiger partial charge in [-0.2, -0.15) is 0 Å². The summed E-state index contributed by atoms with van der Waals surface area (Å²) in [5.41, 5.74) is 0. The average Bonchev–Trinajstić information content (AvgIpc) is 2.47. The summed E-state index contributed by atoms with van der Waals surface area (Å²) >= 11 is 0. The fourth-order valence-electron chi connectivity index (χ4n) is 2.93. The predicted molar refractivity (Wildman–Crippen MR) is 73.6 cm³/mol. The van der Waals surface area contributed by atoms with Gasteiger partial charge in [-0.25, -0.2) is 0 Å². The molecule has 2 amide bonds. The first-order valence-electron chi connectivity index (χ1n) is 7.53. The summed E-state index contributed by atoms with van der Waals surface area (Å²) in [4.78, 5) is 23.6. The smallest absolute Gasteiger partial charge is 0.239 e. The Morgan fingerprint density at radius 3 is 2.53 bits per heavy atom. The van der Waals surface area contributed by atoms with E-state index in [4.69, 9.17) is 0 Å². The van der Waals surface area contributed by atoms with Crippen LogP contribution in [-0.2, 0) is 9.59 Å². The summed E-state index contributed by atoms with van der Waals surface area (Å²) < 4.78 is 0. The lowest BCUT2D eigenvalue weighted by Gasteiger charge is -2.24. The van der Waals surface area contributed by atoms with Crippen molar-refractivity contribution in [2.75, 3.05) is 19.6 Å². The standard InChI is InChI=1S/C14H25N3O2/c18-13(17-12-7-4-8-15-9-12)10-16-14(19)11-5-2-1-3-6-11/h11-12,15H,1-10H2,(H,16,19)(H,17,18)/t12-/m0/s1. The molecule has 1 saturated heterocycles. The van der Waals surface area contributed by atoms with Crippen molar-refractivity contribution < 1.29 is 9.59 Å². The molecule has 0 bridgehead atoms. The number of carbonyl (C=O) groups is 2. The third-order valence-electron chi connectivity index (χ3n) is 4.06. The van der Waals surface area contributed by atoms with Gasteiger partial charge in [-0.3, -0.25) is 9.59 Å². The summed E-state index contributed by atoms with van der Waals surface area (Å²) in [5, 5.41) is 8.99. The summed E-state index contributed by atoms with van der Waals surface area (Å²) in [6.45, 7) is 1.99. The molecule has 1 aliphatic carbocycles. The highest BCUT2D eigenvalue weighted by atomic mass is 16.2. The summed E-state index contributed by atoms with van der Waals surface area (Å²) in [6, 6.07) is 0.216. The van der Waals surface area contributed by atoms with Crippen molar-refractivity contribution in [3.05, 3.63) is 0 Å². The predicted octanol–water partition coefficient (Wildman–Crippen LogP) is 0.551. The normalized spacial score (nSPS) is 24.7. The number of amides is 2. The molecule has 1 aliphatic heterocycles. The lowest BCUT2D eigenvalue weighted by molar-refractivity contribution is -0.129. The summed E-state index contributed by atoms with van der Waals surface area (Å²) in [6.07, 6.45) is 7.57. The van der Waals surface area contributed by atoms with E-state index in [-0.39, 0.29) is 30.3 Å². The lowest BCUT2D eigenvalue weighted by atomic mass is 9.89. The number of nitrogens with one attached hydrogen (secondary N) is 3. The minimum Gasteiger partial charge on any atom is -0.351 e. The van der Waals surface area contributed by atoms with E-state index in [0.717, 1.165) is 51.6 Å². The Balaban J connectivity index is 1.63. The van der Waals surface area contributed by atoms with E-state index >= 15 is 0 Å². The summed E-state index contributed by atoms with van der Waals surface area (Å²) in [7, 11) is 0. The molecule has 1 saturated carbocycles. The van der Waals surface area contributed by atoms with Crippen molar-refractivity contribution >= 4 is 11.8 Å². The third kappa shape index (κ3) is 4.82. The quantitative estimate of drug-likeness (QED) is 0.697. The molecule has 2 fully saturated rings. The molecule has 1 heterocycles. The first-order chi connectivity index (χ1) is 9.25. The molecule has 0 aromatic rings. The van der Waals surface area contributed by atoms with Gasteiger partial charge in [0.15, 0.2) is 0 Å². The van der Waals surface area contributed by atoms with Crippen LogP contribution in [0.3, 0.4) is 0 Å². The molecule has 108 valence electrons. The number of carbonyl (C=O) groups excluding carboxylic acids is 2. The Hall–Kier alpha value is -1.10. The van der Waals surface area contributed by atoms with Crippen molar-refractivity contribution in [3.63, 3.8) is 0 Å². The van der Waals surface area contributed by atoms with Crippen LogP contribution in [0.5, 0.6) is 0 Å². The van der Waals surface area contributed by atoms with E-state index < -0.39 is 0 Å². The number of hydrogen-bond acceptors (Lipinski definition) is 3. The van der Waals surface area contributed by atoms with Crippen molar-refractivity contribution in [1.29, 1.82) is 0 Å². The third-order valence-corrected chi connectivity index (χ3v) is 4.06. The van der Waals surface area contributed by atoms with Crippen LogP contribution in [0.15, 0.2) is 0 Å². The molecule has 2 rings (SSSR count). The minimum atomic E-state index is -0.0714. The molecule has 1 atom stereocenters. The van der Waals surface area contributed by atoms with E-state index in [1.807, 2.05) is 0 Å². The number of rotatable bonds is 4. The number of hydrogen-bond donors (Lipinski definition) is 3. The van der Waals surface area contributed by atoms with E-state index in [2.05, 4.69) is 16.0 Å². The fourth-order valence-corrected chi connectivity index (χ4v) is 2.93. The highest BCUT2D eigenvalue weighted by Gasteiger charge is 2.22. The van der Waals surface area contributed by atoms with Gasteiger partial charge in [-0.05, 0) is 32.2 Å². The Labute approximate surface area is 114 Å². The van der Waals surface area contributed by atoms with Gasteiger partial charge in [-0.1, -0.05) is 19.3 Å². The van der Waals surface area contributed by atoms with Crippen LogP contribution in [0.25, 0.3) is 0 Å². The van der Waals surface area contributed by atoms with Gasteiger partial charge in [-0.15, -0.1) is 0 Å². The molecule has 0 aromatic heterocycles. The molecule has 0 unspecified atom stereocenters. The van der Waals surface area contributed by atoms with Crippen LogP contribution in [0.4, 0.5) is 0 Å². The van der Waals surface area contributed by atoms with Gasteiger partial charge in [0.25, 0.3) is 0 Å². The highest BCUT2D eigenvalue weighted by Crippen LogP contribution is 2.23. The topological polar surface area (TPSA) is 70.2 Å². The molecule has 0 radical (unpaired) electrons. The lowest BCUT2D eigenvalue weighted by Crippen LogP contribution is -2.49. The molecule has 19 heavy (non-hydrogen) atoms. The molecular weight excluding hydrogens is 242 g/mol. The zero-order chi connectivity index (χ0) is 13.5. The van der Waals surface area contributed by atoms with Gasteiger partial charge in [0.1, 0.15) is 0 Å². The van der Waals surface area contributed by atoms with Crippen LogP contribution in [-0.4, -0.2) is 37.5 Å². The zero-order valence-electron chi connectivity index (χ0n) is 11.5. The van der Waals surface area contributed by atoms with Crippen LogP contribution >= 0.6 is 0 Å². The largest absolute Gasteiger partial charge is 0.351 e. The highest BCUT2D eigenvalue weighted by molar-refractivity contribution is 5.85. The van der Waals surface area contributed by atoms with Crippen LogP contribution in [0, 0.1) is 5.92 Å². The Kier molecular flexibility index (Phi) is 5.63. The van der Waals surface area contributed by atoms with Gasteiger partial charge >= 0.3 is 0 Å². The van der Waals surface area contributed by atoms with Crippen molar-refractivity contribution in [3.8, 4) is 0 Å². The molecule has 3 N–H and O–H groups in total. The van der Waals surface area contributed by atoms with E-state index in [1.54, 1.807) is 0 Å². The van der Waals surface area contributed by atoms with Gasteiger partial charge in [0.05, 0.1) is 6.54 Å². The first kappa shape index (κ1) is 14.3. The zero-order valence-corrected chi connectivity index (χ0v) is 11.5. The molecule has 2 aliphatic rings. The van der Waals surface area contributed by atoms with Gasteiger partial charge in [0, 0.05) is 18.5 Å². The van der Waals surface area contributed by atoms with E-state index in [1.165, 1.54) is 6.42 Å². The minimum absolute atomic E-state index is 0.0524.